The maximum Gasteiger partial charge on any atom is 0.142 e. The van der Waals surface area contributed by atoms with Crippen LogP contribution in [0.3, 0.4) is 0 Å². The van der Waals surface area contributed by atoms with E-state index < -0.39 is 0 Å². The second kappa shape index (κ2) is 5.59. The third kappa shape index (κ3) is 3.15. The monoisotopic (exact) mass is 329 g/mol. The lowest BCUT2D eigenvalue weighted by molar-refractivity contribution is 0.307. The van der Waals surface area contributed by atoms with Gasteiger partial charge < -0.3 is 10.5 Å². The second-order valence-electron chi connectivity index (χ2n) is 3.72. The highest BCUT2D eigenvalue weighted by molar-refractivity contribution is 9.10. The summed E-state index contributed by atoms with van der Waals surface area (Å²) in [4.78, 5) is 0. The Labute approximate surface area is 118 Å². The molecule has 0 aliphatic rings. The summed E-state index contributed by atoms with van der Waals surface area (Å²) in [6.07, 6.45) is 0. The van der Waals surface area contributed by atoms with Gasteiger partial charge >= 0.3 is 0 Å². The molecule has 0 radical (unpaired) electrons. The fourth-order valence-electron chi connectivity index (χ4n) is 1.44. The Morgan fingerprint density at radius 1 is 1.22 bits per heavy atom. The quantitative estimate of drug-likeness (QED) is 0.846. The molecule has 0 aliphatic carbocycles. The Bertz CT molecular complexity index is 577. The lowest BCUT2D eigenvalue weighted by Gasteiger charge is -2.09. The third-order valence-electron chi connectivity index (χ3n) is 2.35. The number of hydrogen-bond acceptors (Lipinski definition) is 2. The van der Waals surface area contributed by atoms with E-state index in [4.69, 9.17) is 22.1 Å². The molecule has 0 saturated carbocycles. The SMILES string of the molecule is Nc1cc(Cl)ccc1OCc1ccc(F)c(Br)c1. The molecule has 0 fully saturated rings. The molecule has 2 nitrogen and oxygen atoms in total. The molecule has 0 amide bonds. The molecule has 0 bridgehead atoms. The van der Waals surface area contributed by atoms with E-state index in [1.165, 1.54) is 6.07 Å². The van der Waals surface area contributed by atoms with Gasteiger partial charge in [0.05, 0.1) is 10.2 Å². The first-order chi connectivity index (χ1) is 8.56. The summed E-state index contributed by atoms with van der Waals surface area (Å²) in [6.45, 7) is 0.310. The number of hydrogen-bond donors (Lipinski definition) is 1. The van der Waals surface area contributed by atoms with Gasteiger partial charge in [-0.2, -0.15) is 0 Å². The molecule has 2 aromatic carbocycles. The first-order valence-corrected chi connectivity index (χ1v) is 6.35. The van der Waals surface area contributed by atoms with Crippen LogP contribution in [0.15, 0.2) is 40.9 Å². The average Bonchev–Trinajstić information content (AvgIpc) is 2.32. The average molecular weight is 331 g/mol. The summed E-state index contributed by atoms with van der Waals surface area (Å²) in [5.74, 6) is 0.254. The van der Waals surface area contributed by atoms with Gasteiger partial charge in [0, 0.05) is 5.02 Å². The Hall–Kier alpha value is -1.26. The molecule has 0 atom stereocenters. The van der Waals surface area contributed by atoms with Crippen molar-refractivity contribution in [3.05, 3.63) is 57.3 Å². The highest BCUT2D eigenvalue weighted by atomic mass is 79.9. The maximum absolute atomic E-state index is 13.0. The molecule has 94 valence electrons. The van der Waals surface area contributed by atoms with Crippen LogP contribution < -0.4 is 10.5 Å². The number of benzene rings is 2. The molecule has 2 rings (SSSR count). The molecule has 0 unspecified atom stereocenters. The second-order valence-corrected chi connectivity index (χ2v) is 5.01. The minimum atomic E-state index is -0.301. The fourth-order valence-corrected chi connectivity index (χ4v) is 2.05. The normalized spacial score (nSPS) is 10.4. The van der Waals surface area contributed by atoms with Crippen molar-refractivity contribution < 1.29 is 9.13 Å². The van der Waals surface area contributed by atoms with E-state index in [0.29, 0.717) is 27.5 Å². The van der Waals surface area contributed by atoms with Crippen LogP contribution >= 0.6 is 27.5 Å². The molecular weight excluding hydrogens is 321 g/mol. The van der Waals surface area contributed by atoms with Crippen molar-refractivity contribution in [3.8, 4) is 5.75 Å². The van der Waals surface area contributed by atoms with Gasteiger partial charge in [0.2, 0.25) is 0 Å². The van der Waals surface area contributed by atoms with E-state index in [1.54, 1.807) is 30.3 Å². The standard InChI is InChI=1S/C13H10BrClFNO/c14-10-5-8(1-3-11(10)16)7-18-13-4-2-9(15)6-12(13)17/h1-6H,7,17H2. The number of nitrogen functional groups attached to an aromatic ring is 1. The molecule has 0 saturated heterocycles. The lowest BCUT2D eigenvalue weighted by atomic mass is 10.2. The summed E-state index contributed by atoms with van der Waals surface area (Å²) >= 11 is 8.91. The van der Waals surface area contributed by atoms with Crippen molar-refractivity contribution >= 4 is 33.2 Å². The van der Waals surface area contributed by atoms with Crippen molar-refractivity contribution in [2.75, 3.05) is 5.73 Å². The Morgan fingerprint density at radius 2 is 2.00 bits per heavy atom. The first kappa shape index (κ1) is 13.2. The van der Waals surface area contributed by atoms with Crippen LogP contribution in [-0.2, 0) is 6.61 Å². The molecule has 5 heteroatoms. The molecule has 0 aromatic heterocycles. The third-order valence-corrected chi connectivity index (χ3v) is 3.19. The zero-order valence-electron chi connectivity index (χ0n) is 9.29. The molecule has 0 spiro atoms. The topological polar surface area (TPSA) is 35.2 Å². The van der Waals surface area contributed by atoms with E-state index >= 15 is 0 Å². The minimum Gasteiger partial charge on any atom is -0.487 e. The van der Waals surface area contributed by atoms with E-state index in [1.807, 2.05) is 0 Å². The Morgan fingerprint density at radius 3 is 2.67 bits per heavy atom. The van der Waals surface area contributed by atoms with Crippen LogP contribution in [0.2, 0.25) is 5.02 Å². The minimum absolute atomic E-state index is 0.301. The van der Waals surface area contributed by atoms with Crippen LogP contribution in [0.25, 0.3) is 0 Å². The van der Waals surface area contributed by atoms with E-state index in [0.717, 1.165) is 5.56 Å². The zero-order chi connectivity index (χ0) is 13.1. The van der Waals surface area contributed by atoms with E-state index in [9.17, 15) is 4.39 Å². The van der Waals surface area contributed by atoms with Crippen molar-refractivity contribution in [2.45, 2.75) is 6.61 Å². The Kier molecular flexibility index (Phi) is 4.09. The summed E-state index contributed by atoms with van der Waals surface area (Å²) < 4.78 is 19.0. The fraction of sp³-hybridized carbons (Fsp3) is 0.0769. The van der Waals surface area contributed by atoms with Crippen LogP contribution in [-0.4, -0.2) is 0 Å². The van der Waals surface area contributed by atoms with Gasteiger partial charge in [-0.3, -0.25) is 0 Å². The highest BCUT2D eigenvalue weighted by Gasteiger charge is 2.04. The van der Waals surface area contributed by atoms with Gasteiger partial charge in [0.15, 0.2) is 0 Å². The molecule has 2 N–H and O–H groups in total. The van der Waals surface area contributed by atoms with Crippen LogP contribution in [0.1, 0.15) is 5.56 Å². The molecule has 0 aliphatic heterocycles. The van der Waals surface area contributed by atoms with Crippen LogP contribution in [0, 0.1) is 5.82 Å². The number of ether oxygens (including phenoxy) is 1. The van der Waals surface area contributed by atoms with Gasteiger partial charge in [-0.1, -0.05) is 17.7 Å². The summed E-state index contributed by atoms with van der Waals surface area (Å²) in [6, 6.07) is 9.74. The van der Waals surface area contributed by atoms with Crippen LogP contribution in [0.5, 0.6) is 5.75 Å². The number of anilines is 1. The smallest absolute Gasteiger partial charge is 0.142 e. The van der Waals surface area contributed by atoms with Crippen molar-refractivity contribution in [2.24, 2.45) is 0 Å². The summed E-state index contributed by atoms with van der Waals surface area (Å²) in [5, 5.41) is 0.560. The Balaban J connectivity index is 2.09. The molecule has 18 heavy (non-hydrogen) atoms. The molecular formula is C13H10BrClFNO. The van der Waals surface area contributed by atoms with Crippen molar-refractivity contribution in [1.29, 1.82) is 0 Å². The lowest BCUT2D eigenvalue weighted by Crippen LogP contribution is -1.99. The van der Waals surface area contributed by atoms with Crippen molar-refractivity contribution in [3.63, 3.8) is 0 Å². The van der Waals surface area contributed by atoms with Gasteiger partial charge in [0.25, 0.3) is 0 Å². The van der Waals surface area contributed by atoms with Gasteiger partial charge in [-0.15, -0.1) is 0 Å². The predicted molar refractivity (Wildman–Crippen MR) is 74.3 cm³/mol. The summed E-state index contributed by atoms with van der Waals surface area (Å²) in [5.41, 5.74) is 7.08. The van der Waals surface area contributed by atoms with E-state index in [-0.39, 0.29) is 5.82 Å². The predicted octanol–water partition coefficient (Wildman–Crippen LogP) is 4.40. The van der Waals surface area contributed by atoms with Gasteiger partial charge in [-0.25, -0.2) is 4.39 Å². The highest BCUT2D eigenvalue weighted by Crippen LogP contribution is 2.26. The van der Waals surface area contributed by atoms with Crippen molar-refractivity contribution in [1.82, 2.24) is 0 Å². The maximum atomic E-state index is 13.0. The number of rotatable bonds is 3. The number of nitrogens with two attached hydrogens (primary N) is 1. The van der Waals surface area contributed by atoms with Gasteiger partial charge in [0.1, 0.15) is 18.2 Å². The zero-order valence-corrected chi connectivity index (χ0v) is 11.6. The van der Waals surface area contributed by atoms with Gasteiger partial charge in [-0.05, 0) is 51.8 Å². The largest absolute Gasteiger partial charge is 0.487 e. The summed E-state index contributed by atoms with van der Waals surface area (Å²) in [7, 11) is 0. The molecule has 2 aromatic rings. The molecule has 0 heterocycles. The van der Waals surface area contributed by atoms with Crippen LogP contribution in [0.4, 0.5) is 10.1 Å². The van der Waals surface area contributed by atoms with E-state index in [2.05, 4.69) is 15.9 Å². The number of halogens is 3. The first-order valence-electron chi connectivity index (χ1n) is 5.18.